The third-order valence-electron chi connectivity index (χ3n) is 3.80. The molecule has 0 saturated carbocycles. The number of rotatable bonds is 6. The maximum absolute atomic E-state index is 5.87. The van der Waals surface area contributed by atoms with E-state index >= 15 is 0 Å². The van der Waals surface area contributed by atoms with E-state index in [1.807, 2.05) is 61.0 Å². The Morgan fingerprint density at radius 1 is 1.04 bits per heavy atom. The third-order valence-corrected chi connectivity index (χ3v) is 3.80. The molecule has 0 amide bonds. The fourth-order valence-corrected chi connectivity index (χ4v) is 2.53. The maximum atomic E-state index is 5.87. The summed E-state index contributed by atoms with van der Waals surface area (Å²) in [6, 6.07) is 13.8. The molecular formula is C19H24N5O+. The summed E-state index contributed by atoms with van der Waals surface area (Å²) < 4.78 is 7.70. The quantitative estimate of drug-likeness (QED) is 0.739. The molecule has 0 bridgehead atoms. The highest BCUT2D eigenvalue weighted by molar-refractivity contribution is 5.56. The topological polar surface area (TPSA) is 57.3 Å². The van der Waals surface area contributed by atoms with Crippen LogP contribution in [0, 0.1) is 13.8 Å². The summed E-state index contributed by atoms with van der Waals surface area (Å²) in [4.78, 5) is 10.6. The van der Waals surface area contributed by atoms with Crippen molar-refractivity contribution in [1.29, 1.82) is 0 Å². The van der Waals surface area contributed by atoms with Gasteiger partial charge in [0.1, 0.15) is 13.2 Å². The lowest BCUT2D eigenvalue weighted by Gasteiger charge is -2.12. The van der Waals surface area contributed by atoms with Crippen LogP contribution < -0.4 is 9.64 Å². The first kappa shape index (κ1) is 17.1. The summed E-state index contributed by atoms with van der Waals surface area (Å²) in [6.07, 6.45) is 0. The van der Waals surface area contributed by atoms with Crippen LogP contribution in [0.25, 0.3) is 17.2 Å². The number of ether oxygens (including phenoxy) is 1. The Morgan fingerprint density at radius 3 is 2.44 bits per heavy atom. The fraction of sp³-hybridized carbons (Fsp3) is 0.316. The molecule has 130 valence electrons. The SMILES string of the molecule is Cc1cc(C)n(-c2cc(OCC[NH+](C)C)nc(-c3ccccc3)n2)n1. The fourth-order valence-electron chi connectivity index (χ4n) is 2.53. The van der Waals surface area contributed by atoms with Crippen molar-refractivity contribution in [1.82, 2.24) is 19.7 Å². The minimum absolute atomic E-state index is 0.567. The predicted molar refractivity (Wildman–Crippen MR) is 97.2 cm³/mol. The van der Waals surface area contributed by atoms with Crippen LogP contribution in [0.15, 0.2) is 42.5 Å². The first-order chi connectivity index (χ1) is 12.0. The molecule has 0 radical (unpaired) electrons. The summed E-state index contributed by atoms with van der Waals surface area (Å²) >= 11 is 0. The van der Waals surface area contributed by atoms with Crippen LogP contribution in [0.2, 0.25) is 0 Å². The largest absolute Gasteiger partial charge is 0.472 e. The second kappa shape index (κ2) is 7.44. The molecule has 0 aliphatic rings. The van der Waals surface area contributed by atoms with Gasteiger partial charge in [0, 0.05) is 17.3 Å². The van der Waals surface area contributed by atoms with Gasteiger partial charge in [0.25, 0.3) is 0 Å². The Labute approximate surface area is 148 Å². The maximum Gasteiger partial charge on any atom is 0.219 e. The van der Waals surface area contributed by atoms with Gasteiger partial charge < -0.3 is 9.64 Å². The zero-order valence-electron chi connectivity index (χ0n) is 15.2. The molecule has 1 N–H and O–H groups in total. The lowest BCUT2D eigenvalue weighted by Crippen LogP contribution is -3.06. The van der Waals surface area contributed by atoms with Crippen molar-refractivity contribution in [3.63, 3.8) is 0 Å². The Balaban J connectivity index is 2.00. The Morgan fingerprint density at radius 2 is 1.80 bits per heavy atom. The normalized spacial score (nSPS) is 11.1. The molecule has 0 aliphatic carbocycles. The average Bonchev–Trinajstić information content (AvgIpc) is 2.93. The smallest absolute Gasteiger partial charge is 0.219 e. The van der Waals surface area contributed by atoms with Gasteiger partial charge in [0.05, 0.1) is 19.8 Å². The zero-order valence-corrected chi connectivity index (χ0v) is 15.2. The molecule has 0 atom stereocenters. The van der Waals surface area contributed by atoms with E-state index in [2.05, 4.69) is 24.2 Å². The minimum Gasteiger partial charge on any atom is -0.472 e. The van der Waals surface area contributed by atoms with E-state index in [4.69, 9.17) is 9.72 Å². The molecule has 0 spiro atoms. The van der Waals surface area contributed by atoms with Gasteiger partial charge in [-0.2, -0.15) is 10.1 Å². The molecular weight excluding hydrogens is 314 g/mol. The van der Waals surface area contributed by atoms with Crippen molar-refractivity contribution in [3.05, 3.63) is 53.9 Å². The standard InChI is InChI=1S/C19H23N5O/c1-14-12-15(2)24(22-14)17-13-18(25-11-10-23(3)4)21-19(20-17)16-8-6-5-7-9-16/h5-9,12-13H,10-11H2,1-4H3/p+1. The van der Waals surface area contributed by atoms with Gasteiger partial charge in [-0.1, -0.05) is 30.3 Å². The van der Waals surface area contributed by atoms with Gasteiger partial charge in [-0.25, -0.2) is 9.67 Å². The molecule has 0 aliphatic heterocycles. The lowest BCUT2D eigenvalue weighted by atomic mass is 10.2. The molecule has 6 heteroatoms. The Kier molecular flexibility index (Phi) is 5.09. The van der Waals surface area contributed by atoms with Crippen molar-refractivity contribution in [2.45, 2.75) is 13.8 Å². The van der Waals surface area contributed by atoms with Gasteiger partial charge in [0.2, 0.25) is 5.88 Å². The Bertz CT molecular complexity index is 842. The molecule has 2 heterocycles. The minimum atomic E-state index is 0.567. The van der Waals surface area contributed by atoms with Gasteiger partial charge in [-0.15, -0.1) is 0 Å². The number of aromatic nitrogens is 4. The van der Waals surface area contributed by atoms with Gasteiger partial charge in [0.15, 0.2) is 11.6 Å². The highest BCUT2D eigenvalue weighted by Gasteiger charge is 2.12. The highest BCUT2D eigenvalue weighted by atomic mass is 16.5. The van der Waals surface area contributed by atoms with E-state index in [-0.39, 0.29) is 0 Å². The van der Waals surface area contributed by atoms with Gasteiger partial charge >= 0.3 is 0 Å². The number of benzene rings is 1. The summed E-state index contributed by atoms with van der Waals surface area (Å²) in [6.45, 7) is 5.49. The van der Waals surface area contributed by atoms with Crippen LogP contribution in [0.5, 0.6) is 5.88 Å². The predicted octanol–water partition coefficient (Wildman–Crippen LogP) is 1.47. The molecule has 3 rings (SSSR count). The summed E-state index contributed by atoms with van der Waals surface area (Å²) in [5, 5.41) is 4.53. The molecule has 2 aromatic heterocycles. The Hall–Kier alpha value is -2.73. The average molecular weight is 338 g/mol. The third kappa shape index (κ3) is 4.22. The van der Waals surface area contributed by atoms with Gasteiger partial charge in [-0.05, 0) is 19.9 Å². The van der Waals surface area contributed by atoms with Crippen LogP contribution in [0.1, 0.15) is 11.4 Å². The van der Waals surface area contributed by atoms with Crippen molar-refractivity contribution < 1.29 is 9.64 Å². The van der Waals surface area contributed by atoms with Crippen LogP contribution in [0.3, 0.4) is 0 Å². The number of quaternary nitrogens is 1. The van der Waals surface area contributed by atoms with Gasteiger partial charge in [-0.3, -0.25) is 0 Å². The molecule has 0 fully saturated rings. The first-order valence-corrected chi connectivity index (χ1v) is 8.43. The van der Waals surface area contributed by atoms with E-state index in [0.29, 0.717) is 24.1 Å². The van der Waals surface area contributed by atoms with E-state index in [1.54, 1.807) is 0 Å². The molecule has 6 nitrogen and oxygen atoms in total. The van der Waals surface area contributed by atoms with Crippen LogP contribution in [-0.2, 0) is 0 Å². The molecule has 25 heavy (non-hydrogen) atoms. The van der Waals surface area contributed by atoms with Crippen molar-refractivity contribution in [2.75, 3.05) is 27.2 Å². The van der Waals surface area contributed by atoms with E-state index < -0.39 is 0 Å². The summed E-state index contributed by atoms with van der Waals surface area (Å²) in [5.41, 5.74) is 2.93. The van der Waals surface area contributed by atoms with E-state index in [1.165, 1.54) is 4.90 Å². The number of nitrogens with zero attached hydrogens (tertiary/aromatic N) is 4. The first-order valence-electron chi connectivity index (χ1n) is 8.43. The van der Waals surface area contributed by atoms with Crippen LogP contribution in [0.4, 0.5) is 0 Å². The number of likely N-dealkylation sites (N-methyl/N-ethyl adjacent to an activating group) is 1. The summed E-state index contributed by atoms with van der Waals surface area (Å²) in [5.74, 6) is 1.92. The second-order valence-electron chi connectivity index (χ2n) is 6.40. The van der Waals surface area contributed by atoms with Crippen molar-refractivity contribution in [3.8, 4) is 23.1 Å². The second-order valence-corrected chi connectivity index (χ2v) is 6.40. The van der Waals surface area contributed by atoms with E-state index in [0.717, 1.165) is 23.5 Å². The number of aryl methyl sites for hydroxylation is 2. The highest BCUT2D eigenvalue weighted by Crippen LogP contribution is 2.21. The summed E-state index contributed by atoms with van der Waals surface area (Å²) in [7, 11) is 4.19. The monoisotopic (exact) mass is 338 g/mol. The zero-order chi connectivity index (χ0) is 17.8. The molecule has 1 aromatic carbocycles. The molecule has 0 saturated heterocycles. The van der Waals surface area contributed by atoms with Crippen molar-refractivity contribution >= 4 is 0 Å². The van der Waals surface area contributed by atoms with Crippen LogP contribution >= 0.6 is 0 Å². The van der Waals surface area contributed by atoms with E-state index in [9.17, 15) is 0 Å². The van der Waals surface area contributed by atoms with Crippen LogP contribution in [-0.4, -0.2) is 47.0 Å². The lowest BCUT2D eigenvalue weighted by molar-refractivity contribution is -0.858. The number of hydrogen-bond acceptors (Lipinski definition) is 4. The number of hydrogen-bond donors (Lipinski definition) is 1. The van der Waals surface area contributed by atoms with Crippen molar-refractivity contribution in [2.24, 2.45) is 0 Å². The molecule has 3 aromatic rings. The number of nitrogens with one attached hydrogen (secondary N) is 1. The molecule has 0 unspecified atom stereocenters.